The van der Waals surface area contributed by atoms with E-state index in [4.69, 9.17) is 4.74 Å². The number of nitrogens with one attached hydrogen (secondary N) is 1. The van der Waals surface area contributed by atoms with Gasteiger partial charge >= 0.3 is 0 Å². The van der Waals surface area contributed by atoms with Gasteiger partial charge in [-0.1, -0.05) is 6.07 Å². The summed E-state index contributed by atoms with van der Waals surface area (Å²) in [5, 5.41) is 3.54. The highest BCUT2D eigenvalue weighted by Gasteiger charge is 2.36. The minimum absolute atomic E-state index is 0.0734. The van der Waals surface area contributed by atoms with E-state index in [0.717, 1.165) is 29.9 Å². The second kappa shape index (κ2) is 4.82. The predicted octanol–water partition coefficient (Wildman–Crippen LogP) is 2.50. The van der Waals surface area contributed by atoms with Crippen molar-refractivity contribution in [2.75, 3.05) is 6.61 Å². The lowest BCUT2D eigenvalue weighted by Crippen LogP contribution is -2.47. The summed E-state index contributed by atoms with van der Waals surface area (Å²) >= 11 is 3.38. The van der Waals surface area contributed by atoms with Crippen LogP contribution in [0.25, 0.3) is 0 Å². The average Bonchev–Trinajstić information content (AvgIpc) is 2.58. The minimum atomic E-state index is 0.0734. The Labute approximate surface area is 105 Å². The molecule has 0 saturated carbocycles. The Hall–Kier alpha value is -0.450. The van der Waals surface area contributed by atoms with Gasteiger partial charge in [0.05, 0.1) is 11.8 Å². The highest BCUT2D eigenvalue weighted by Crippen LogP contribution is 2.25. The molecule has 0 spiro atoms. The number of aromatic nitrogens is 1. The van der Waals surface area contributed by atoms with Crippen molar-refractivity contribution in [3.63, 3.8) is 0 Å². The zero-order chi connectivity index (χ0) is 11.6. The maximum Gasteiger partial charge on any atom is 0.106 e. The normalized spacial score (nSPS) is 29.6. The first-order valence-electron chi connectivity index (χ1n) is 5.58. The fraction of sp³-hybridized carbons (Fsp3) is 0.583. The Kier molecular flexibility index (Phi) is 3.62. The highest BCUT2D eigenvalue weighted by atomic mass is 79.9. The first-order chi connectivity index (χ1) is 7.60. The summed E-state index contributed by atoms with van der Waals surface area (Å²) in [5.41, 5.74) is 1.12. The molecule has 1 aliphatic rings. The number of pyridine rings is 1. The summed E-state index contributed by atoms with van der Waals surface area (Å²) in [5.74, 6) is 0. The first-order valence-corrected chi connectivity index (χ1v) is 6.37. The van der Waals surface area contributed by atoms with Crippen LogP contribution in [0.4, 0.5) is 0 Å². The van der Waals surface area contributed by atoms with E-state index in [2.05, 4.69) is 40.1 Å². The molecule has 0 bridgehead atoms. The Morgan fingerprint density at radius 1 is 1.62 bits per heavy atom. The molecule has 2 atom stereocenters. The maximum absolute atomic E-state index is 5.59. The summed E-state index contributed by atoms with van der Waals surface area (Å²) in [4.78, 5) is 4.40. The summed E-state index contributed by atoms with van der Waals surface area (Å²) < 4.78 is 6.47. The van der Waals surface area contributed by atoms with Crippen LogP contribution in [0.3, 0.4) is 0 Å². The van der Waals surface area contributed by atoms with Gasteiger partial charge < -0.3 is 10.1 Å². The van der Waals surface area contributed by atoms with E-state index in [1.54, 1.807) is 0 Å². The second-order valence-corrected chi connectivity index (χ2v) is 5.30. The molecule has 3 nitrogen and oxygen atoms in total. The van der Waals surface area contributed by atoms with E-state index in [9.17, 15) is 0 Å². The molecule has 2 heterocycles. The van der Waals surface area contributed by atoms with E-state index >= 15 is 0 Å². The lowest BCUT2D eigenvalue weighted by Gasteiger charge is -2.28. The molecular weight excluding hydrogens is 268 g/mol. The molecule has 88 valence electrons. The second-order valence-electron chi connectivity index (χ2n) is 4.49. The number of halogens is 1. The van der Waals surface area contributed by atoms with E-state index < -0.39 is 0 Å². The van der Waals surface area contributed by atoms with Gasteiger partial charge in [-0.25, -0.2) is 4.98 Å². The van der Waals surface area contributed by atoms with Crippen LogP contribution in [0, 0.1) is 0 Å². The van der Waals surface area contributed by atoms with Crippen molar-refractivity contribution >= 4 is 15.9 Å². The molecule has 2 unspecified atom stereocenters. The molecule has 4 heteroatoms. The molecule has 16 heavy (non-hydrogen) atoms. The number of hydrogen-bond acceptors (Lipinski definition) is 3. The van der Waals surface area contributed by atoms with E-state index in [-0.39, 0.29) is 11.6 Å². The standard InChI is InChI=1S/C12H17BrN2O/c1-9-12(2,6-7-16-9)14-8-10-4-3-5-11(13)15-10/h3-5,9,14H,6-8H2,1-2H3. The number of ether oxygens (including phenoxy) is 1. The molecule has 1 saturated heterocycles. The minimum Gasteiger partial charge on any atom is -0.377 e. The Balaban J connectivity index is 1.97. The van der Waals surface area contributed by atoms with Crippen molar-refractivity contribution in [2.45, 2.75) is 38.5 Å². The van der Waals surface area contributed by atoms with Crippen LogP contribution in [-0.4, -0.2) is 23.2 Å². The number of hydrogen-bond donors (Lipinski definition) is 1. The third-order valence-corrected chi connectivity index (χ3v) is 3.77. The molecule has 2 rings (SSSR count). The number of nitrogens with zero attached hydrogens (tertiary/aromatic N) is 1. The first kappa shape index (κ1) is 12.0. The number of rotatable bonds is 3. The van der Waals surface area contributed by atoms with Gasteiger partial charge in [0.15, 0.2) is 0 Å². The van der Waals surface area contributed by atoms with Gasteiger partial charge in [-0.2, -0.15) is 0 Å². The van der Waals surface area contributed by atoms with Gasteiger partial charge in [0.25, 0.3) is 0 Å². The van der Waals surface area contributed by atoms with Crippen LogP contribution in [0.5, 0.6) is 0 Å². The van der Waals surface area contributed by atoms with Crippen molar-refractivity contribution in [2.24, 2.45) is 0 Å². The van der Waals surface area contributed by atoms with Crippen LogP contribution in [-0.2, 0) is 11.3 Å². The van der Waals surface area contributed by atoms with Gasteiger partial charge in [0, 0.05) is 18.7 Å². The van der Waals surface area contributed by atoms with Gasteiger partial charge in [-0.05, 0) is 48.3 Å². The van der Waals surface area contributed by atoms with Crippen molar-refractivity contribution in [3.8, 4) is 0 Å². The zero-order valence-electron chi connectivity index (χ0n) is 9.66. The fourth-order valence-corrected chi connectivity index (χ4v) is 2.29. The van der Waals surface area contributed by atoms with Crippen LogP contribution < -0.4 is 5.32 Å². The van der Waals surface area contributed by atoms with Gasteiger partial charge in [-0.3, -0.25) is 0 Å². The summed E-state index contributed by atoms with van der Waals surface area (Å²) in [6, 6.07) is 5.97. The van der Waals surface area contributed by atoms with Crippen LogP contribution >= 0.6 is 15.9 Å². The smallest absolute Gasteiger partial charge is 0.106 e. The largest absolute Gasteiger partial charge is 0.377 e. The Bertz CT molecular complexity index is 372. The van der Waals surface area contributed by atoms with Crippen molar-refractivity contribution in [1.29, 1.82) is 0 Å². The van der Waals surface area contributed by atoms with Crippen LogP contribution in [0.2, 0.25) is 0 Å². The summed E-state index contributed by atoms with van der Waals surface area (Å²) in [6.45, 7) is 5.96. The monoisotopic (exact) mass is 284 g/mol. The van der Waals surface area contributed by atoms with Gasteiger partial charge in [-0.15, -0.1) is 0 Å². The maximum atomic E-state index is 5.59. The third-order valence-electron chi connectivity index (χ3n) is 3.33. The molecule has 0 radical (unpaired) electrons. The SMILES string of the molecule is CC1OCCC1(C)NCc1cccc(Br)n1. The van der Waals surface area contributed by atoms with Crippen LogP contribution in [0.15, 0.2) is 22.8 Å². The molecule has 1 aromatic rings. The van der Waals surface area contributed by atoms with E-state index in [1.807, 2.05) is 18.2 Å². The quantitative estimate of drug-likeness (QED) is 0.866. The Morgan fingerprint density at radius 3 is 3.06 bits per heavy atom. The van der Waals surface area contributed by atoms with Crippen LogP contribution in [0.1, 0.15) is 26.0 Å². The molecule has 0 aromatic carbocycles. The topological polar surface area (TPSA) is 34.1 Å². The molecule has 1 aromatic heterocycles. The van der Waals surface area contributed by atoms with E-state index in [0.29, 0.717) is 0 Å². The molecular formula is C12H17BrN2O. The molecule has 1 aliphatic heterocycles. The lowest BCUT2D eigenvalue weighted by molar-refractivity contribution is 0.0880. The van der Waals surface area contributed by atoms with Crippen molar-refractivity contribution in [3.05, 3.63) is 28.5 Å². The Morgan fingerprint density at radius 2 is 2.44 bits per heavy atom. The van der Waals surface area contributed by atoms with Gasteiger partial charge in [0.2, 0.25) is 0 Å². The molecule has 0 amide bonds. The van der Waals surface area contributed by atoms with Gasteiger partial charge in [0.1, 0.15) is 4.60 Å². The fourth-order valence-electron chi connectivity index (χ4n) is 1.91. The summed E-state index contributed by atoms with van der Waals surface area (Å²) in [6.07, 6.45) is 1.32. The lowest BCUT2D eigenvalue weighted by atomic mass is 9.94. The zero-order valence-corrected chi connectivity index (χ0v) is 11.3. The molecule has 1 N–H and O–H groups in total. The summed E-state index contributed by atoms with van der Waals surface area (Å²) in [7, 11) is 0. The highest BCUT2D eigenvalue weighted by molar-refractivity contribution is 9.10. The average molecular weight is 285 g/mol. The molecule has 1 fully saturated rings. The van der Waals surface area contributed by atoms with E-state index in [1.165, 1.54) is 0 Å². The van der Waals surface area contributed by atoms with Crippen molar-refractivity contribution < 1.29 is 4.74 Å². The molecule has 0 aliphatic carbocycles. The van der Waals surface area contributed by atoms with Crippen molar-refractivity contribution in [1.82, 2.24) is 10.3 Å². The predicted molar refractivity (Wildman–Crippen MR) is 67.2 cm³/mol. The third kappa shape index (κ3) is 2.62.